The fraction of sp³-hybridized carbons (Fsp3) is 0.588. The lowest BCUT2D eigenvalue weighted by molar-refractivity contribution is -0.384. The third-order valence-corrected chi connectivity index (χ3v) is 4.82. The van der Waals surface area contributed by atoms with Gasteiger partial charge in [-0.2, -0.15) is 0 Å². The minimum absolute atomic E-state index is 0.0266. The molecular formula is C17H23N3O3. The number of nitro groups is 1. The zero-order valence-electron chi connectivity index (χ0n) is 13.4. The summed E-state index contributed by atoms with van der Waals surface area (Å²) in [6.45, 7) is 2.15. The van der Waals surface area contributed by atoms with Gasteiger partial charge in [0.1, 0.15) is 5.69 Å². The maximum atomic E-state index is 12.4. The molecule has 0 unspecified atom stereocenters. The predicted octanol–water partition coefficient (Wildman–Crippen LogP) is 3.48. The smallest absolute Gasteiger partial charge is 0.293 e. The third-order valence-electron chi connectivity index (χ3n) is 4.82. The quantitative estimate of drug-likeness (QED) is 0.643. The lowest BCUT2D eigenvalue weighted by Crippen LogP contribution is -2.41. The zero-order valence-corrected chi connectivity index (χ0v) is 13.4. The summed E-state index contributed by atoms with van der Waals surface area (Å²) < 4.78 is 0. The fourth-order valence-corrected chi connectivity index (χ4v) is 3.18. The summed E-state index contributed by atoms with van der Waals surface area (Å²) in [5.74, 6) is 0.239. The number of nitrogens with zero attached hydrogens (tertiary/aromatic N) is 1. The van der Waals surface area contributed by atoms with Gasteiger partial charge in [0.2, 0.25) is 0 Å². The van der Waals surface area contributed by atoms with Crippen LogP contribution in [0.2, 0.25) is 0 Å². The fourth-order valence-electron chi connectivity index (χ4n) is 3.18. The molecule has 2 N–H and O–H groups in total. The van der Waals surface area contributed by atoms with Crippen LogP contribution in [0.15, 0.2) is 18.2 Å². The number of anilines is 1. The second-order valence-electron chi connectivity index (χ2n) is 6.75. The van der Waals surface area contributed by atoms with Crippen LogP contribution in [0.4, 0.5) is 11.4 Å². The predicted molar refractivity (Wildman–Crippen MR) is 88.6 cm³/mol. The van der Waals surface area contributed by atoms with E-state index >= 15 is 0 Å². The van der Waals surface area contributed by atoms with Crippen LogP contribution in [-0.4, -0.2) is 22.9 Å². The van der Waals surface area contributed by atoms with Crippen LogP contribution in [0.5, 0.6) is 0 Å². The number of amides is 1. The molecule has 0 saturated heterocycles. The summed E-state index contributed by atoms with van der Waals surface area (Å²) in [5, 5.41) is 17.5. The Morgan fingerprint density at radius 3 is 2.61 bits per heavy atom. The normalized spacial score (nSPS) is 24.0. The van der Waals surface area contributed by atoms with Crippen molar-refractivity contribution < 1.29 is 9.72 Å². The molecule has 0 spiro atoms. The Bertz CT molecular complexity index is 613. The van der Waals surface area contributed by atoms with E-state index in [2.05, 4.69) is 17.6 Å². The van der Waals surface area contributed by atoms with Gasteiger partial charge in [-0.3, -0.25) is 14.9 Å². The highest BCUT2D eigenvalue weighted by Crippen LogP contribution is 2.32. The second-order valence-corrected chi connectivity index (χ2v) is 6.75. The van der Waals surface area contributed by atoms with Crippen LogP contribution in [0.1, 0.15) is 55.8 Å². The first-order chi connectivity index (χ1) is 11.0. The molecule has 23 heavy (non-hydrogen) atoms. The van der Waals surface area contributed by atoms with Crippen molar-refractivity contribution in [3.63, 3.8) is 0 Å². The first kappa shape index (κ1) is 15.8. The van der Waals surface area contributed by atoms with Gasteiger partial charge >= 0.3 is 0 Å². The molecule has 2 aliphatic carbocycles. The topological polar surface area (TPSA) is 84.3 Å². The van der Waals surface area contributed by atoms with Crippen molar-refractivity contribution in [3.05, 3.63) is 33.9 Å². The summed E-state index contributed by atoms with van der Waals surface area (Å²) in [7, 11) is 0. The molecular weight excluding hydrogens is 294 g/mol. The van der Waals surface area contributed by atoms with E-state index in [-0.39, 0.29) is 17.6 Å². The number of hydrogen-bond donors (Lipinski definition) is 2. The molecule has 124 valence electrons. The molecule has 1 aromatic rings. The number of carbonyl (C=O) groups is 1. The Kier molecular flexibility index (Phi) is 4.50. The van der Waals surface area contributed by atoms with Crippen LogP contribution in [-0.2, 0) is 0 Å². The number of carbonyl (C=O) groups excluding carboxylic acids is 1. The molecule has 0 aliphatic heterocycles. The molecule has 1 aromatic carbocycles. The van der Waals surface area contributed by atoms with Crippen molar-refractivity contribution in [1.29, 1.82) is 0 Å². The SMILES string of the molecule is C[C@@H]1CCCC[C@@H]1NC(=O)c1ccc(NC2CC2)c([N+](=O)[O-])c1. The molecule has 6 nitrogen and oxygen atoms in total. The number of rotatable bonds is 5. The van der Waals surface area contributed by atoms with Crippen molar-refractivity contribution in [2.45, 2.75) is 57.5 Å². The second kappa shape index (κ2) is 6.56. The van der Waals surface area contributed by atoms with Crippen LogP contribution in [0, 0.1) is 16.0 Å². The molecule has 0 heterocycles. The monoisotopic (exact) mass is 317 g/mol. The highest BCUT2D eigenvalue weighted by Gasteiger charge is 2.27. The summed E-state index contributed by atoms with van der Waals surface area (Å²) in [6, 6.07) is 5.19. The van der Waals surface area contributed by atoms with E-state index in [1.54, 1.807) is 12.1 Å². The van der Waals surface area contributed by atoms with Crippen LogP contribution in [0.3, 0.4) is 0 Å². The summed E-state index contributed by atoms with van der Waals surface area (Å²) >= 11 is 0. The van der Waals surface area contributed by atoms with Gasteiger partial charge in [0.05, 0.1) is 4.92 Å². The van der Waals surface area contributed by atoms with E-state index in [9.17, 15) is 14.9 Å². The highest BCUT2D eigenvalue weighted by atomic mass is 16.6. The molecule has 6 heteroatoms. The Hall–Kier alpha value is -2.11. The minimum Gasteiger partial charge on any atom is -0.377 e. The van der Waals surface area contributed by atoms with E-state index < -0.39 is 4.92 Å². The van der Waals surface area contributed by atoms with Crippen LogP contribution >= 0.6 is 0 Å². The van der Waals surface area contributed by atoms with Gasteiger partial charge < -0.3 is 10.6 Å². The molecule has 1 amide bonds. The van der Waals surface area contributed by atoms with E-state index in [4.69, 9.17) is 0 Å². The highest BCUT2D eigenvalue weighted by molar-refractivity contribution is 5.96. The van der Waals surface area contributed by atoms with Crippen LogP contribution < -0.4 is 10.6 Å². The van der Waals surface area contributed by atoms with Crippen molar-refractivity contribution >= 4 is 17.3 Å². The molecule has 2 atom stereocenters. The third kappa shape index (κ3) is 3.81. The Labute approximate surface area is 135 Å². The number of hydrogen-bond acceptors (Lipinski definition) is 4. The van der Waals surface area contributed by atoms with Crippen molar-refractivity contribution in [2.75, 3.05) is 5.32 Å². The van der Waals surface area contributed by atoms with E-state index in [1.165, 1.54) is 12.5 Å². The number of nitro benzene ring substituents is 1. The first-order valence-electron chi connectivity index (χ1n) is 8.40. The van der Waals surface area contributed by atoms with Crippen molar-refractivity contribution in [2.24, 2.45) is 5.92 Å². The average molecular weight is 317 g/mol. The van der Waals surface area contributed by atoms with E-state index in [0.29, 0.717) is 23.2 Å². The van der Waals surface area contributed by atoms with Gasteiger partial charge in [-0.05, 0) is 43.7 Å². The Balaban J connectivity index is 1.74. The molecule has 2 aliphatic rings. The zero-order chi connectivity index (χ0) is 16.4. The van der Waals surface area contributed by atoms with Gasteiger partial charge in [0.15, 0.2) is 0 Å². The van der Waals surface area contributed by atoms with Gasteiger partial charge in [0, 0.05) is 23.7 Å². The minimum atomic E-state index is -0.426. The summed E-state index contributed by atoms with van der Waals surface area (Å²) in [4.78, 5) is 23.3. The summed E-state index contributed by atoms with van der Waals surface area (Å²) in [6.07, 6.45) is 6.52. The van der Waals surface area contributed by atoms with Gasteiger partial charge in [-0.25, -0.2) is 0 Å². The van der Waals surface area contributed by atoms with Crippen LogP contribution in [0.25, 0.3) is 0 Å². The molecule has 3 rings (SSSR count). The summed E-state index contributed by atoms with van der Waals surface area (Å²) in [5.41, 5.74) is 0.831. The maximum Gasteiger partial charge on any atom is 0.293 e. The number of benzene rings is 1. The Morgan fingerprint density at radius 1 is 1.22 bits per heavy atom. The van der Waals surface area contributed by atoms with E-state index in [1.807, 2.05) is 0 Å². The van der Waals surface area contributed by atoms with Crippen molar-refractivity contribution in [3.8, 4) is 0 Å². The lowest BCUT2D eigenvalue weighted by atomic mass is 9.86. The lowest BCUT2D eigenvalue weighted by Gasteiger charge is -2.29. The largest absolute Gasteiger partial charge is 0.377 e. The van der Waals surface area contributed by atoms with Gasteiger partial charge in [-0.1, -0.05) is 19.8 Å². The molecule has 2 fully saturated rings. The van der Waals surface area contributed by atoms with E-state index in [0.717, 1.165) is 32.1 Å². The molecule has 2 saturated carbocycles. The average Bonchev–Trinajstić information content (AvgIpc) is 3.33. The molecule has 0 radical (unpaired) electrons. The molecule has 0 bridgehead atoms. The van der Waals surface area contributed by atoms with Crippen molar-refractivity contribution in [1.82, 2.24) is 5.32 Å². The number of nitrogens with one attached hydrogen (secondary N) is 2. The van der Waals surface area contributed by atoms with Gasteiger partial charge in [-0.15, -0.1) is 0 Å². The van der Waals surface area contributed by atoms with Gasteiger partial charge in [0.25, 0.3) is 11.6 Å². The Morgan fingerprint density at radius 2 is 1.96 bits per heavy atom. The standard InChI is InChI=1S/C17H23N3O3/c1-11-4-2-3-5-14(11)19-17(21)12-6-9-15(18-13-7-8-13)16(10-12)20(22)23/h6,9-11,13-14,18H,2-5,7-8H2,1H3,(H,19,21)/t11-,14+/m1/s1. The first-order valence-corrected chi connectivity index (χ1v) is 8.40. The maximum absolute atomic E-state index is 12.4. The molecule has 0 aromatic heterocycles.